The standard InChI is InChI=1S/C21H21FN2O3/c22-16-7-9-18(10-8-16)26-15-19-11-12-20(27-19)21(25)24-14-4-13-23-17-5-2-1-3-6-17/h1-3,5-12,23H,4,13-15H2,(H,24,25). The SMILES string of the molecule is O=C(NCCCNc1ccccc1)c1ccc(COc2ccc(F)cc2)o1. The van der Waals surface area contributed by atoms with Gasteiger partial charge in [0.05, 0.1) is 0 Å². The second-order valence-corrected chi connectivity index (χ2v) is 5.91. The molecular weight excluding hydrogens is 347 g/mol. The number of benzene rings is 2. The highest BCUT2D eigenvalue weighted by molar-refractivity contribution is 5.91. The molecule has 0 saturated carbocycles. The number of rotatable bonds is 9. The fourth-order valence-electron chi connectivity index (χ4n) is 2.43. The Morgan fingerprint density at radius 2 is 1.74 bits per heavy atom. The fourth-order valence-corrected chi connectivity index (χ4v) is 2.43. The van der Waals surface area contributed by atoms with Crippen LogP contribution in [0.15, 0.2) is 71.1 Å². The van der Waals surface area contributed by atoms with Gasteiger partial charge in [-0.1, -0.05) is 18.2 Å². The van der Waals surface area contributed by atoms with E-state index in [0.29, 0.717) is 18.1 Å². The molecule has 0 radical (unpaired) electrons. The normalized spacial score (nSPS) is 10.4. The first kappa shape index (κ1) is 18.5. The van der Waals surface area contributed by atoms with Gasteiger partial charge in [0.25, 0.3) is 5.91 Å². The first-order chi connectivity index (χ1) is 13.2. The summed E-state index contributed by atoms with van der Waals surface area (Å²) in [5.74, 6) is 0.713. The van der Waals surface area contributed by atoms with Crippen molar-refractivity contribution >= 4 is 11.6 Å². The van der Waals surface area contributed by atoms with Crippen LogP contribution >= 0.6 is 0 Å². The molecule has 1 amide bonds. The average Bonchev–Trinajstić information content (AvgIpc) is 3.17. The van der Waals surface area contributed by atoms with Crippen molar-refractivity contribution in [3.8, 4) is 5.75 Å². The molecule has 0 aliphatic carbocycles. The molecular formula is C21H21FN2O3. The van der Waals surface area contributed by atoms with E-state index in [-0.39, 0.29) is 24.1 Å². The predicted octanol–water partition coefficient (Wildman–Crippen LogP) is 4.23. The van der Waals surface area contributed by atoms with E-state index in [0.717, 1.165) is 18.7 Å². The van der Waals surface area contributed by atoms with E-state index in [9.17, 15) is 9.18 Å². The lowest BCUT2D eigenvalue weighted by Gasteiger charge is -2.07. The topological polar surface area (TPSA) is 63.5 Å². The molecule has 0 aliphatic rings. The predicted molar refractivity (Wildman–Crippen MR) is 101 cm³/mol. The molecule has 0 aliphatic heterocycles. The average molecular weight is 368 g/mol. The van der Waals surface area contributed by atoms with Crippen LogP contribution in [-0.2, 0) is 6.61 Å². The van der Waals surface area contributed by atoms with E-state index in [1.54, 1.807) is 12.1 Å². The molecule has 6 heteroatoms. The first-order valence-electron chi connectivity index (χ1n) is 8.75. The van der Waals surface area contributed by atoms with Crippen LogP contribution < -0.4 is 15.4 Å². The van der Waals surface area contributed by atoms with Gasteiger partial charge >= 0.3 is 0 Å². The zero-order valence-corrected chi connectivity index (χ0v) is 14.8. The molecule has 2 aromatic carbocycles. The highest BCUT2D eigenvalue weighted by Gasteiger charge is 2.11. The van der Waals surface area contributed by atoms with Gasteiger partial charge in [-0.2, -0.15) is 0 Å². The maximum Gasteiger partial charge on any atom is 0.286 e. The van der Waals surface area contributed by atoms with Crippen LogP contribution in [0, 0.1) is 5.82 Å². The Morgan fingerprint density at radius 3 is 2.52 bits per heavy atom. The number of hydrogen-bond acceptors (Lipinski definition) is 4. The Kier molecular flexibility index (Phi) is 6.46. The van der Waals surface area contributed by atoms with Crippen LogP contribution in [0.3, 0.4) is 0 Å². The smallest absolute Gasteiger partial charge is 0.286 e. The van der Waals surface area contributed by atoms with Gasteiger partial charge in [-0.05, 0) is 55.0 Å². The van der Waals surface area contributed by atoms with Gasteiger partial charge in [-0.15, -0.1) is 0 Å². The number of para-hydroxylation sites is 1. The number of carbonyl (C=O) groups excluding carboxylic acids is 1. The van der Waals surface area contributed by atoms with Gasteiger partial charge in [-0.3, -0.25) is 4.79 Å². The third kappa shape index (κ3) is 5.88. The molecule has 1 heterocycles. The molecule has 3 rings (SSSR count). The molecule has 0 unspecified atom stereocenters. The quantitative estimate of drug-likeness (QED) is 0.555. The van der Waals surface area contributed by atoms with Crippen LogP contribution in [0.4, 0.5) is 10.1 Å². The summed E-state index contributed by atoms with van der Waals surface area (Å²) in [7, 11) is 0. The van der Waals surface area contributed by atoms with Crippen molar-refractivity contribution in [2.24, 2.45) is 0 Å². The third-order valence-electron chi connectivity index (χ3n) is 3.82. The van der Waals surface area contributed by atoms with Crippen LogP contribution in [0.1, 0.15) is 22.7 Å². The van der Waals surface area contributed by atoms with E-state index in [4.69, 9.17) is 9.15 Å². The lowest BCUT2D eigenvalue weighted by molar-refractivity contribution is 0.0921. The van der Waals surface area contributed by atoms with Crippen molar-refractivity contribution in [1.29, 1.82) is 0 Å². The molecule has 3 aromatic rings. The number of carbonyl (C=O) groups is 1. The summed E-state index contributed by atoms with van der Waals surface area (Å²) in [6.45, 7) is 1.47. The Hall–Kier alpha value is -3.28. The van der Waals surface area contributed by atoms with Crippen LogP contribution in [0.25, 0.3) is 0 Å². The summed E-state index contributed by atoms with van der Waals surface area (Å²) in [4.78, 5) is 12.1. The first-order valence-corrected chi connectivity index (χ1v) is 8.75. The van der Waals surface area contributed by atoms with Crippen LogP contribution in [0.2, 0.25) is 0 Å². The molecule has 2 N–H and O–H groups in total. The van der Waals surface area contributed by atoms with E-state index in [1.807, 2.05) is 30.3 Å². The molecule has 1 aromatic heterocycles. The molecule has 140 valence electrons. The highest BCUT2D eigenvalue weighted by Crippen LogP contribution is 2.15. The lowest BCUT2D eigenvalue weighted by atomic mass is 10.3. The van der Waals surface area contributed by atoms with Crippen molar-refractivity contribution in [1.82, 2.24) is 5.32 Å². The third-order valence-corrected chi connectivity index (χ3v) is 3.82. The van der Waals surface area contributed by atoms with E-state index in [1.165, 1.54) is 24.3 Å². The summed E-state index contributed by atoms with van der Waals surface area (Å²) in [6.07, 6.45) is 0.794. The van der Waals surface area contributed by atoms with E-state index < -0.39 is 0 Å². The number of ether oxygens (including phenoxy) is 1. The number of furan rings is 1. The monoisotopic (exact) mass is 368 g/mol. The Morgan fingerprint density at radius 1 is 0.963 bits per heavy atom. The minimum absolute atomic E-state index is 0.167. The summed E-state index contributed by atoms with van der Waals surface area (Å²) < 4.78 is 23.8. The molecule has 5 nitrogen and oxygen atoms in total. The number of anilines is 1. The molecule has 0 spiro atoms. The highest BCUT2D eigenvalue weighted by atomic mass is 19.1. The summed E-state index contributed by atoms with van der Waals surface area (Å²) in [5, 5.41) is 6.11. The van der Waals surface area contributed by atoms with Crippen LogP contribution in [0.5, 0.6) is 5.75 Å². The van der Waals surface area contributed by atoms with Gasteiger partial charge < -0.3 is 19.8 Å². The van der Waals surface area contributed by atoms with Gasteiger partial charge in [0.15, 0.2) is 5.76 Å². The maximum atomic E-state index is 12.9. The van der Waals surface area contributed by atoms with Crippen molar-refractivity contribution in [3.63, 3.8) is 0 Å². The second kappa shape index (κ2) is 9.43. The molecule has 0 saturated heterocycles. The maximum absolute atomic E-state index is 12.9. The van der Waals surface area contributed by atoms with Crippen molar-refractivity contribution in [3.05, 3.63) is 84.1 Å². The van der Waals surface area contributed by atoms with E-state index in [2.05, 4.69) is 10.6 Å². The van der Waals surface area contributed by atoms with E-state index >= 15 is 0 Å². The van der Waals surface area contributed by atoms with Gasteiger partial charge in [0.1, 0.15) is 23.9 Å². The number of nitrogens with one attached hydrogen (secondary N) is 2. The number of halogens is 1. The summed E-state index contributed by atoms with van der Waals surface area (Å²) >= 11 is 0. The Bertz CT molecular complexity index is 847. The van der Waals surface area contributed by atoms with Crippen molar-refractivity contribution < 1.29 is 18.3 Å². The molecule has 0 atom stereocenters. The van der Waals surface area contributed by atoms with Gasteiger partial charge in [0.2, 0.25) is 0 Å². The van der Waals surface area contributed by atoms with Gasteiger partial charge in [-0.25, -0.2) is 4.39 Å². The van der Waals surface area contributed by atoms with Crippen LogP contribution in [-0.4, -0.2) is 19.0 Å². The fraction of sp³-hybridized carbons (Fsp3) is 0.190. The zero-order chi connectivity index (χ0) is 18.9. The zero-order valence-electron chi connectivity index (χ0n) is 14.8. The van der Waals surface area contributed by atoms with Gasteiger partial charge in [0, 0.05) is 18.8 Å². The molecule has 0 fully saturated rings. The number of hydrogen-bond donors (Lipinski definition) is 2. The largest absolute Gasteiger partial charge is 0.486 e. The number of amides is 1. The lowest BCUT2D eigenvalue weighted by Crippen LogP contribution is -2.25. The minimum atomic E-state index is -0.321. The second-order valence-electron chi connectivity index (χ2n) is 5.91. The van der Waals surface area contributed by atoms with Crippen molar-refractivity contribution in [2.75, 3.05) is 18.4 Å². The Labute approximate surface area is 157 Å². The molecule has 27 heavy (non-hydrogen) atoms. The minimum Gasteiger partial charge on any atom is -0.486 e. The Balaban J connectivity index is 1.37. The van der Waals surface area contributed by atoms with Crippen molar-refractivity contribution in [2.45, 2.75) is 13.0 Å². The summed E-state index contributed by atoms with van der Waals surface area (Å²) in [5.41, 5.74) is 1.06. The summed E-state index contributed by atoms with van der Waals surface area (Å²) in [6, 6.07) is 18.9. The molecule has 0 bridgehead atoms.